The van der Waals surface area contributed by atoms with Gasteiger partial charge in [0.1, 0.15) is 12.1 Å². The van der Waals surface area contributed by atoms with E-state index in [2.05, 4.69) is 10.6 Å². The molecule has 3 amide bonds. The third-order valence-corrected chi connectivity index (χ3v) is 4.49. The Balaban J connectivity index is 4.86. The Bertz CT molecular complexity index is 462. The Morgan fingerprint density at radius 2 is 1.07 bits per heavy atom. The summed E-state index contributed by atoms with van der Waals surface area (Å²) in [5, 5.41) is 5.34. The van der Waals surface area contributed by atoms with Gasteiger partial charge in [-0.1, -0.05) is 6.42 Å². The minimum atomic E-state index is -0.800. The smallest absolute Gasteiger partial charge is 0.243 e. The Morgan fingerprint density at radius 1 is 0.643 bits per heavy atom. The van der Waals surface area contributed by atoms with Crippen LogP contribution in [-0.2, 0) is 14.4 Å². The molecule has 0 radical (unpaired) electrons. The molecule has 0 aliphatic rings. The zero-order valence-corrected chi connectivity index (χ0v) is 16.8. The average molecular weight is 402 g/mol. The SMILES string of the molecule is NCCCC[C@H](NC(=O)[C@H](CCCCN)NC(=O)[C@@H](N)CCCCN)C(N)=O. The quantitative estimate of drug-likeness (QED) is 0.138. The largest absolute Gasteiger partial charge is 0.368 e. The molecule has 10 nitrogen and oxygen atoms in total. The van der Waals surface area contributed by atoms with Crippen molar-refractivity contribution < 1.29 is 14.4 Å². The number of hydrogen-bond acceptors (Lipinski definition) is 7. The molecule has 0 rings (SSSR count). The molecule has 0 aromatic carbocycles. The number of carbonyl (C=O) groups is 3. The maximum atomic E-state index is 12.7. The summed E-state index contributed by atoms with van der Waals surface area (Å²) >= 11 is 0. The van der Waals surface area contributed by atoms with Crippen LogP contribution in [0.5, 0.6) is 0 Å². The molecule has 0 heterocycles. The highest BCUT2D eigenvalue weighted by molar-refractivity contribution is 5.92. The number of primary amides is 1. The van der Waals surface area contributed by atoms with Gasteiger partial charge in [0.2, 0.25) is 17.7 Å². The van der Waals surface area contributed by atoms with Gasteiger partial charge in [0, 0.05) is 0 Å². The molecule has 0 aliphatic heterocycles. The van der Waals surface area contributed by atoms with Gasteiger partial charge in [-0.15, -0.1) is 0 Å². The molecule has 0 aromatic heterocycles. The summed E-state index contributed by atoms with van der Waals surface area (Å²) in [5.41, 5.74) is 27.7. The zero-order valence-electron chi connectivity index (χ0n) is 16.8. The lowest BCUT2D eigenvalue weighted by atomic mass is 10.0. The summed E-state index contributed by atoms with van der Waals surface area (Å²) in [4.78, 5) is 36.6. The number of carbonyl (C=O) groups excluding carboxylic acids is 3. The first-order valence-corrected chi connectivity index (χ1v) is 10.1. The number of rotatable bonds is 17. The number of hydrogen-bond donors (Lipinski definition) is 7. The first-order chi connectivity index (χ1) is 13.4. The van der Waals surface area contributed by atoms with Gasteiger partial charge < -0.3 is 39.3 Å². The van der Waals surface area contributed by atoms with Gasteiger partial charge in [0.05, 0.1) is 6.04 Å². The molecule has 0 saturated carbocycles. The molecule has 0 fully saturated rings. The first kappa shape index (κ1) is 26.2. The van der Waals surface area contributed by atoms with Crippen molar-refractivity contribution in [2.45, 2.75) is 75.9 Å². The van der Waals surface area contributed by atoms with E-state index in [-0.39, 0.29) is 0 Å². The zero-order chi connectivity index (χ0) is 21.4. The molecule has 12 N–H and O–H groups in total. The van der Waals surface area contributed by atoms with Gasteiger partial charge in [-0.25, -0.2) is 0 Å². The highest BCUT2D eigenvalue weighted by atomic mass is 16.2. The summed E-state index contributed by atoms with van der Waals surface area (Å²) in [6.45, 7) is 1.53. The van der Waals surface area contributed by atoms with Crippen molar-refractivity contribution in [1.29, 1.82) is 0 Å². The van der Waals surface area contributed by atoms with E-state index in [0.29, 0.717) is 51.7 Å². The molecule has 164 valence electrons. The lowest BCUT2D eigenvalue weighted by Gasteiger charge is -2.23. The summed E-state index contributed by atoms with van der Waals surface area (Å²) in [6.07, 6.45) is 5.59. The second-order valence-corrected chi connectivity index (χ2v) is 6.98. The average Bonchev–Trinajstić information content (AvgIpc) is 2.66. The van der Waals surface area contributed by atoms with Crippen LogP contribution >= 0.6 is 0 Å². The van der Waals surface area contributed by atoms with Crippen molar-refractivity contribution in [3.05, 3.63) is 0 Å². The fraction of sp³-hybridized carbons (Fsp3) is 0.833. The molecule has 0 saturated heterocycles. The second kappa shape index (κ2) is 16.2. The van der Waals surface area contributed by atoms with E-state index in [1.165, 1.54) is 0 Å². The van der Waals surface area contributed by atoms with Gasteiger partial charge in [-0.05, 0) is 71.0 Å². The molecule has 0 unspecified atom stereocenters. The lowest BCUT2D eigenvalue weighted by molar-refractivity contribution is -0.132. The maximum absolute atomic E-state index is 12.7. The predicted octanol–water partition coefficient (Wildman–Crippen LogP) is -1.84. The molecule has 0 spiro atoms. The van der Waals surface area contributed by atoms with Crippen LogP contribution in [0.4, 0.5) is 0 Å². The van der Waals surface area contributed by atoms with E-state index in [4.69, 9.17) is 28.7 Å². The van der Waals surface area contributed by atoms with Crippen LogP contribution in [0.15, 0.2) is 0 Å². The van der Waals surface area contributed by atoms with E-state index in [1.807, 2.05) is 0 Å². The monoisotopic (exact) mass is 401 g/mol. The summed E-state index contributed by atoms with van der Waals surface area (Å²) < 4.78 is 0. The van der Waals surface area contributed by atoms with E-state index in [9.17, 15) is 14.4 Å². The molecule has 0 aromatic rings. The lowest BCUT2D eigenvalue weighted by Crippen LogP contribution is -2.55. The normalized spacial score (nSPS) is 14.1. The standard InChI is InChI=1S/C18H39N7O3/c19-10-4-1-7-13(22)17(27)25-15(9-3-6-12-21)18(28)24-14(16(23)26)8-2-5-11-20/h13-15H,1-12,19-22H2,(H2,23,26)(H,24,28)(H,25,27)/t13-,14-,15-/m0/s1. The maximum Gasteiger partial charge on any atom is 0.243 e. The second-order valence-electron chi connectivity index (χ2n) is 6.98. The number of nitrogens with one attached hydrogen (secondary N) is 2. The van der Waals surface area contributed by atoms with Crippen LogP contribution in [0.25, 0.3) is 0 Å². The molecule has 0 aliphatic carbocycles. The van der Waals surface area contributed by atoms with E-state index < -0.39 is 35.8 Å². The van der Waals surface area contributed by atoms with Crippen molar-refractivity contribution in [1.82, 2.24) is 10.6 Å². The van der Waals surface area contributed by atoms with Crippen LogP contribution < -0.4 is 39.3 Å². The van der Waals surface area contributed by atoms with Crippen molar-refractivity contribution in [3.63, 3.8) is 0 Å². The Morgan fingerprint density at radius 3 is 1.54 bits per heavy atom. The van der Waals surface area contributed by atoms with Crippen LogP contribution in [-0.4, -0.2) is 55.5 Å². The number of amides is 3. The highest BCUT2D eigenvalue weighted by Gasteiger charge is 2.26. The Hall–Kier alpha value is -1.75. The van der Waals surface area contributed by atoms with E-state index >= 15 is 0 Å². The highest BCUT2D eigenvalue weighted by Crippen LogP contribution is 2.06. The van der Waals surface area contributed by atoms with Gasteiger partial charge in [0.25, 0.3) is 0 Å². The predicted molar refractivity (Wildman–Crippen MR) is 110 cm³/mol. The minimum absolute atomic E-state index is 0.399. The van der Waals surface area contributed by atoms with Crippen molar-refractivity contribution in [2.24, 2.45) is 28.7 Å². The third-order valence-electron chi connectivity index (χ3n) is 4.49. The van der Waals surface area contributed by atoms with Crippen molar-refractivity contribution >= 4 is 17.7 Å². The summed E-state index contributed by atoms with van der Waals surface area (Å²) in [7, 11) is 0. The Kier molecular flexibility index (Phi) is 15.2. The topological polar surface area (TPSA) is 205 Å². The fourth-order valence-electron chi connectivity index (χ4n) is 2.73. The van der Waals surface area contributed by atoms with Gasteiger partial charge in [-0.2, -0.15) is 0 Å². The first-order valence-electron chi connectivity index (χ1n) is 10.1. The van der Waals surface area contributed by atoms with Crippen molar-refractivity contribution in [2.75, 3.05) is 19.6 Å². The number of unbranched alkanes of at least 4 members (excludes halogenated alkanes) is 3. The van der Waals surface area contributed by atoms with Crippen LogP contribution in [0.3, 0.4) is 0 Å². The van der Waals surface area contributed by atoms with Crippen LogP contribution in [0.1, 0.15) is 57.8 Å². The fourth-order valence-corrected chi connectivity index (χ4v) is 2.73. The van der Waals surface area contributed by atoms with Crippen LogP contribution in [0.2, 0.25) is 0 Å². The summed E-state index contributed by atoms with van der Waals surface area (Å²) in [6, 6.07) is -2.31. The van der Waals surface area contributed by atoms with Gasteiger partial charge in [-0.3, -0.25) is 14.4 Å². The molecule has 10 heteroatoms. The summed E-state index contributed by atoms with van der Waals surface area (Å²) in [5.74, 6) is -1.46. The van der Waals surface area contributed by atoms with Crippen LogP contribution in [0, 0.1) is 0 Å². The van der Waals surface area contributed by atoms with Gasteiger partial charge >= 0.3 is 0 Å². The third kappa shape index (κ3) is 11.9. The molecular weight excluding hydrogens is 362 g/mol. The molecule has 28 heavy (non-hydrogen) atoms. The number of nitrogens with two attached hydrogens (primary N) is 5. The van der Waals surface area contributed by atoms with E-state index in [1.54, 1.807) is 0 Å². The van der Waals surface area contributed by atoms with Gasteiger partial charge in [0.15, 0.2) is 0 Å². The minimum Gasteiger partial charge on any atom is -0.368 e. The molecule has 0 bridgehead atoms. The molecular formula is C18H39N7O3. The molecule has 3 atom stereocenters. The van der Waals surface area contributed by atoms with E-state index in [0.717, 1.165) is 25.7 Å². The Labute approximate surface area is 167 Å². The van der Waals surface area contributed by atoms with Crippen molar-refractivity contribution in [3.8, 4) is 0 Å².